The number of ether oxygens (including phenoxy) is 1. The van der Waals surface area contributed by atoms with Gasteiger partial charge in [-0.15, -0.1) is 0 Å². The SMILES string of the molecule is CC(C)Oc1ccccc1C(=O)Nc1ccccc1C(=O)Cc1cccc(S(=O)(=O)C(F)(F)F)c1. The zero-order valence-corrected chi connectivity index (χ0v) is 19.6. The van der Waals surface area contributed by atoms with E-state index in [1.165, 1.54) is 18.2 Å². The number of alkyl halides is 3. The Morgan fingerprint density at radius 1 is 0.914 bits per heavy atom. The second kappa shape index (κ2) is 10.3. The van der Waals surface area contributed by atoms with Gasteiger partial charge in [0.1, 0.15) is 5.75 Å². The van der Waals surface area contributed by atoms with E-state index in [1.54, 1.807) is 36.4 Å². The predicted octanol–water partition coefficient (Wildman–Crippen LogP) is 5.45. The van der Waals surface area contributed by atoms with Gasteiger partial charge in [0.05, 0.1) is 22.3 Å². The number of carbonyl (C=O) groups is 2. The summed E-state index contributed by atoms with van der Waals surface area (Å²) >= 11 is 0. The van der Waals surface area contributed by atoms with Gasteiger partial charge < -0.3 is 10.1 Å². The van der Waals surface area contributed by atoms with Gasteiger partial charge in [0.15, 0.2) is 5.78 Å². The Kier molecular flexibility index (Phi) is 7.64. The zero-order valence-electron chi connectivity index (χ0n) is 18.8. The minimum Gasteiger partial charge on any atom is -0.490 e. The number of amides is 1. The van der Waals surface area contributed by atoms with Crippen molar-refractivity contribution in [3.63, 3.8) is 0 Å². The lowest BCUT2D eigenvalue weighted by Gasteiger charge is -2.15. The number of Topliss-reactive ketones (excluding diaryl/α,β-unsaturated/α-hetero) is 1. The third-order valence-corrected chi connectivity index (χ3v) is 6.33. The fourth-order valence-corrected chi connectivity index (χ4v) is 4.10. The quantitative estimate of drug-likeness (QED) is 0.412. The van der Waals surface area contributed by atoms with E-state index in [0.717, 1.165) is 18.2 Å². The van der Waals surface area contributed by atoms with Crippen LogP contribution in [0, 0.1) is 0 Å². The molecule has 1 amide bonds. The average molecular weight is 506 g/mol. The molecule has 6 nitrogen and oxygen atoms in total. The minimum absolute atomic E-state index is 0.0807. The summed E-state index contributed by atoms with van der Waals surface area (Å²) in [6.07, 6.45) is -0.545. The molecule has 184 valence electrons. The fourth-order valence-electron chi connectivity index (χ4n) is 3.27. The molecule has 0 spiro atoms. The molecule has 0 heterocycles. The van der Waals surface area contributed by atoms with Crippen molar-refractivity contribution in [2.24, 2.45) is 0 Å². The molecule has 3 aromatic rings. The van der Waals surface area contributed by atoms with Crippen molar-refractivity contribution in [2.45, 2.75) is 36.8 Å². The number of para-hydroxylation sites is 2. The number of carbonyl (C=O) groups excluding carboxylic acids is 2. The van der Waals surface area contributed by atoms with Crippen molar-refractivity contribution < 1.29 is 35.9 Å². The van der Waals surface area contributed by atoms with Crippen LogP contribution in [0.4, 0.5) is 18.9 Å². The number of hydrogen-bond donors (Lipinski definition) is 1. The molecule has 0 aliphatic carbocycles. The predicted molar refractivity (Wildman–Crippen MR) is 124 cm³/mol. The number of anilines is 1. The molecule has 35 heavy (non-hydrogen) atoms. The van der Waals surface area contributed by atoms with Crippen molar-refractivity contribution in [3.05, 3.63) is 89.5 Å². The molecule has 3 aromatic carbocycles. The molecular weight excluding hydrogens is 483 g/mol. The van der Waals surface area contributed by atoms with Crippen LogP contribution in [0.5, 0.6) is 5.75 Å². The van der Waals surface area contributed by atoms with Crippen LogP contribution in [0.25, 0.3) is 0 Å². The van der Waals surface area contributed by atoms with Crippen LogP contribution in [0.2, 0.25) is 0 Å². The first-order valence-electron chi connectivity index (χ1n) is 10.5. The number of hydrogen-bond acceptors (Lipinski definition) is 5. The van der Waals surface area contributed by atoms with E-state index in [0.29, 0.717) is 5.75 Å². The van der Waals surface area contributed by atoms with E-state index in [1.807, 2.05) is 13.8 Å². The van der Waals surface area contributed by atoms with Gasteiger partial charge in [-0.1, -0.05) is 36.4 Å². The first kappa shape index (κ1) is 26.0. The van der Waals surface area contributed by atoms with Crippen LogP contribution >= 0.6 is 0 Å². The van der Waals surface area contributed by atoms with E-state index in [2.05, 4.69) is 5.32 Å². The summed E-state index contributed by atoms with van der Waals surface area (Å²) in [7, 11) is -5.55. The van der Waals surface area contributed by atoms with Crippen LogP contribution in [-0.4, -0.2) is 31.7 Å². The van der Waals surface area contributed by atoms with Crippen molar-refractivity contribution in [1.82, 2.24) is 0 Å². The molecule has 0 radical (unpaired) electrons. The van der Waals surface area contributed by atoms with Crippen molar-refractivity contribution in [2.75, 3.05) is 5.32 Å². The number of sulfone groups is 1. The van der Waals surface area contributed by atoms with E-state index in [4.69, 9.17) is 4.74 Å². The van der Waals surface area contributed by atoms with Gasteiger partial charge in [0, 0.05) is 12.0 Å². The molecule has 0 saturated carbocycles. The second-order valence-corrected chi connectivity index (χ2v) is 9.80. The van der Waals surface area contributed by atoms with Crippen molar-refractivity contribution >= 4 is 27.2 Å². The first-order chi connectivity index (χ1) is 16.4. The number of benzene rings is 3. The highest BCUT2D eigenvalue weighted by molar-refractivity contribution is 7.92. The standard InChI is InChI=1S/C25H22F3NO5S/c1-16(2)34-23-13-6-4-11-20(23)24(31)29-21-12-5-3-10-19(21)22(30)15-17-8-7-9-18(14-17)35(32,33)25(26,27)28/h3-14,16H,15H2,1-2H3,(H,29,31). The molecule has 10 heteroatoms. The van der Waals surface area contributed by atoms with Crippen LogP contribution in [0.1, 0.15) is 40.1 Å². The molecule has 0 aliphatic heterocycles. The van der Waals surface area contributed by atoms with Crippen LogP contribution in [0.15, 0.2) is 77.7 Å². The Morgan fingerprint density at radius 2 is 1.54 bits per heavy atom. The van der Waals surface area contributed by atoms with Crippen molar-refractivity contribution in [1.29, 1.82) is 0 Å². The highest BCUT2D eigenvalue weighted by Crippen LogP contribution is 2.31. The summed E-state index contributed by atoms with van der Waals surface area (Å²) in [5, 5.41) is 2.68. The summed E-state index contributed by atoms with van der Waals surface area (Å²) < 4.78 is 67.7. The maximum Gasteiger partial charge on any atom is 0.501 e. The Bertz CT molecular complexity index is 1350. The Labute approximate surface area is 200 Å². The molecule has 0 fully saturated rings. The molecule has 0 atom stereocenters. The Hall–Kier alpha value is -3.66. The highest BCUT2D eigenvalue weighted by atomic mass is 32.2. The lowest BCUT2D eigenvalue weighted by molar-refractivity contribution is -0.0436. The van der Waals surface area contributed by atoms with Gasteiger partial charge in [-0.25, -0.2) is 8.42 Å². The van der Waals surface area contributed by atoms with Crippen molar-refractivity contribution in [3.8, 4) is 5.75 Å². The summed E-state index contributed by atoms with van der Waals surface area (Å²) in [6, 6.07) is 16.9. The first-order valence-corrected chi connectivity index (χ1v) is 12.0. The maximum absolute atomic E-state index is 13.0. The maximum atomic E-state index is 13.0. The molecule has 0 aliphatic rings. The summed E-state index contributed by atoms with van der Waals surface area (Å²) in [6.45, 7) is 3.63. The van der Waals surface area contributed by atoms with E-state index < -0.39 is 31.9 Å². The average Bonchev–Trinajstić information content (AvgIpc) is 2.78. The van der Waals surface area contributed by atoms with Crippen LogP contribution < -0.4 is 10.1 Å². The minimum atomic E-state index is -5.55. The molecule has 0 saturated heterocycles. The summed E-state index contributed by atoms with van der Waals surface area (Å²) in [5.41, 5.74) is -4.80. The Balaban J connectivity index is 1.85. The van der Waals surface area contributed by atoms with Crippen LogP contribution in [-0.2, 0) is 16.3 Å². The molecule has 0 aromatic heterocycles. The zero-order chi connectivity index (χ0) is 25.8. The number of rotatable bonds is 8. The van der Waals surface area contributed by atoms with Crippen LogP contribution in [0.3, 0.4) is 0 Å². The molecule has 0 bridgehead atoms. The lowest BCUT2D eigenvalue weighted by Crippen LogP contribution is -2.23. The van der Waals surface area contributed by atoms with Gasteiger partial charge >= 0.3 is 5.51 Å². The monoisotopic (exact) mass is 505 g/mol. The molecule has 1 N–H and O–H groups in total. The molecular formula is C25H22F3NO5S. The van der Waals surface area contributed by atoms with Gasteiger partial charge in [-0.05, 0) is 55.8 Å². The number of halogens is 3. The lowest BCUT2D eigenvalue weighted by atomic mass is 10.0. The van der Waals surface area contributed by atoms with Gasteiger partial charge in [0.2, 0.25) is 0 Å². The third kappa shape index (κ3) is 6.07. The summed E-state index contributed by atoms with van der Waals surface area (Å²) in [4.78, 5) is 25.0. The third-order valence-electron chi connectivity index (χ3n) is 4.85. The van der Waals surface area contributed by atoms with Gasteiger partial charge in [-0.2, -0.15) is 13.2 Å². The normalized spacial score (nSPS) is 11.8. The van der Waals surface area contributed by atoms with E-state index in [9.17, 15) is 31.2 Å². The highest BCUT2D eigenvalue weighted by Gasteiger charge is 2.46. The fraction of sp³-hybridized carbons (Fsp3) is 0.200. The molecule has 0 unspecified atom stereocenters. The topological polar surface area (TPSA) is 89.5 Å². The van der Waals surface area contributed by atoms with Gasteiger partial charge in [0.25, 0.3) is 15.7 Å². The number of ketones is 1. The number of nitrogens with one attached hydrogen (secondary N) is 1. The summed E-state index contributed by atoms with van der Waals surface area (Å²) in [5.74, 6) is -0.666. The van der Waals surface area contributed by atoms with Gasteiger partial charge in [-0.3, -0.25) is 9.59 Å². The largest absolute Gasteiger partial charge is 0.501 e. The van der Waals surface area contributed by atoms with E-state index >= 15 is 0 Å². The van der Waals surface area contributed by atoms with E-state index in [-0.39, 0.29) is 34.9 Å². The Morgan fingerprint density at radius 3 is 2.20 bits per heavy atom. The molecule has 3 rings (SSSR count). The second-order valence-electron chi connectivity index (χ2n) is 7.86. The smallest absolute Gasteiger partial charge is 0.490 e.